The van der Waals surface area contributed by atoms with Crippen molar-refractivity contribution in [1.29, 1.82) is 0 Å². The first-order valence-electron chi connectivity index (χ1n) is 7.44. The van der Waals surface area contributed by atoms with E-state index in [1.807, 2.05) is 30.3 Å². The van der Waals surface area contributed by atoms with E-state index < -0.39 is 17.5 Å². The zero-order valence-electron chi connectivity index (χ0n) is 12.9. The lowest BCUT2D eigenvalue weighted by Crippen LogP contribution is -2.11. The highest BCUT2D eigenvalue weighted by molar-refractivity contribution is 6.07. The van der Waals surface area contributed by atoms with Gasteiger partial charge in [0.25, 0.3) is 0 Å². The Morgan fingerprint density at radius 2 is 1.68 bits per heavy atom. The molecule has 1 aromatic heterocycles. The number of rotatable bonds is 4. The normalized spacial score (nSPS) is 11.8. The third kappa shape index (κ3) is 3.85. The SMILES string of the molecule is O=C(/C=C/c1cnn(-c2ccccc2)c1)c1ccccc1C(F)(F)F. The van der Waals surface area contributed by atoms with E-state index in [9.17, 15) is 18.0 Å². The number of hydrogen-bond acceptors (Lipinski definition) is 2. The molecule has 0 spiro atoms. The Morgan fingerprint density at radius 3 is 2.40 bits per heavy atom. The molecule has 0 saturated carbocycles. The van der Waals surface area contributed by atoms with E-state index in [-0.39, 0.29) is 5.56 Å². The Balaban J connectivity index is 1.82. The molecule has 0 N–H and O–H groups in total. The van der Waals surface area contributed by atoms with Gasteiger partial charge in [-0.15, -0.1) is 0 Å². The molecule has 25 heavy (non-hydrogen) atoms. The fraction of sp³-hybridized carbons (Fsp3) is 0.0526. The molecule has 0 aliphatic heterocycles. The summed E-state index contributed by atoms with van der Waals surface area (Å²) < 4.78 is 40.5. The van der Waals surface area contributed by atoms with E-state index >= 15 is 0 Å². The number of carbonyl (C=O) groups is 1. The van der Waals surface area contributed by atoms with Gasteiger partial charge in [-0.2, -0.15) is 18.3 Å². The third-order valence-corrected chi connectivity index (χ3v) is 3.55. The van der Waals surface area contributed by atoms with Crippen LogP contribution in [0.2, 0.25) is 0 Å². The summed E-state index contributed by atoms with van der Waals surface area (Å²) in [4.78, 5) is 12.1. The lowest BCUT2D eigenvalue weighted by atomic mass is 10.0. The monoisotopic (exact) mass is 342 g/mol. The van der Waals surface area contributed by atoms with Crippen LogP contribution in [-0.2, 0) is 6.18 Å². The van der Waals surface area contributed by atoms with Gasteiger partial charge in [0.05, 0.1) is 17.4 Å². The fourth-order valence-electron chi connectivity index (χ4n) is 2.35. The van der Waals surface area contributed by atoms with Crippen LogP contribution in [0.4, 0.5) is 13.2 Å². The molecule has 3 nitrogen and oxygen atoms in total. The van der Waals surface area contributed by atoms with E-state index in [0.717, 1.165) is 17.8 Å². The highest BCUT2D eigenvalue weighted by Crippen LogP contribution is 2.32. The molecule has 0 amide bonds. The Kier molecular flexibility index (Phi) is 4.52. The fourth-order valence-corrected chi connectivity index (χ4v) is 2.35. The molecule has 6 heteroatoms. The molecule has 0 aliphatic rings. The first kappa shape index (κ1) is 16.7. The van der Waals surface area contributed by atoms with Crippen molar-refractivity contribution in [3.8, 4) is 5.69 Å². The second kappa shape index (κ2) is 6.76. The number of hydrogen-bond donors (Lipinski definition) is 0. The zero-order chi connectivity index (χ0) is 17.9. The molecule has 126 valence electrons. The van der Waals surface area contributed by atoms with Crippen molar-refractivity contribution in [3.63, 3.8) is 0 Å². The lowest BCUT2D eigenvalue weighted by Gasteiger charge is -2.10. The first-order chi connectivity index (χ1) is 11.9. The van der Waals surface area contributed by atoms with Crippen LogP contribution in [0.5, 0.6) is 0 Å². The third-order valence-electron chi connectivity index (χ3n) is 3.55. The first-order valence-corrected chi connectivity index (χ1v) is 7.44. The maximum atomic E-state index is 13.0. The minimum atomic E-state index is -4.57. The second-order valence-corrected chi connectivity index (χ2v) is 5.29. The van der Waals surface area contributed by atoms with Crippen molar-refractivity contribution < 1.29 is 18.0 Å². The van der Waals surface area contributed by atoms with E-state index in [1.54, 1.807) is 10.9 Å². The van der Waals surface area contributed by atoms with Gasteiger partial charge in [0.2, 0.25) is 0 Å². The van der Waals surface area contributed by atoms with Gasteiger partial charge in [0, 0.05) is 17.3 Å². The average Bonchev–Trinajstić information content (AvgIpc) is 3.09. The molecule has 0 saturated heterocycles. The topological polar surface area (TPSA) is 34.9 Å². The molecule has 0 radical (unpaired) electrons. The largest absolute Gasteiger partial charge is 0.417 e. The number of nitrogens with zero attached hydrogens (tertiary/aromatic N) is 2. The summed E-state index contributed by atoms with van der Waals surface area (Å²) in [6.07, 6.45) is 1.22. The van der Waals surface area contributed by atoms with Crippen molar-refractivity contribution in [1.82, 2.24) is 9.78 Å². The molecule has 0 aliphatic carbocycles. The average molecular weight is 342 g/mol. The summed E-state index contributed by atoms with van der Waals surface area (Å²) in [5.74, 6) is -0.708. The predicted molar refractivity (Wildman–Crippen MR) is 88.4 cm³/mol. The molecule has 2 aromatic carbocycles. The van der Waals surface area contributed by atoms with Crippen LogP contribution in [0.3, 0.4) is 0 Å². The Bertz CT molecular complexity index is 912. The van der Waals surface area contributed by atoms with Gasteiger partial charge in [0.1, 0.15) is 0 Å². The summed E-state index contributed by atoms with van der Waals surface area (Å²) in [5, 5.41) is 4.17. The minimum Gasteiger partial charge on any atom is -0.289 e. The summed E-state index contributed by atoms with van der Waals surface area (Å²) in [6, 6.07) is 14.1. The van der Waals surface area contributed by atoms with E-state index in [2.05, 4.69) is 5.10 Å². The summed E-state index contributed by atoms with van der Waals surface area (Å²) in [6.45, 7) is 0. The van der Waals surface area contributed by atoms with Gasteiger partial charge in [-0.1, -0.05) is 36.4 Å². The van der Waals surface area contributed by atoms with Crippen molar-refractivity contribution in [3.05, 3.63) is 89.8 Å². The van der Waals surface area contributed by atoms with Crippen molar-refractivity contribution >= 4 is 11.9 Å². The van der Waals surface area contributed by atoms with Crippen molar-refractivity contribution in [2.24, 2.45) is 0 Å². The van der Waals surface area contributed by atoms with Gasteiger partial charge < -0.3 is 0 Å². The van der Waals surface area contributed by atoms with Gasteiger partial charge in [-0.05, 0) is 30.4 Å². The number of carbonyl (C=O) groups excluding carboxylic acids is 1. The minimum absolute atomic E-state index is 0.373. The van der Waals surface area contributed by atoms with Crippen LogP contribution >= 0.6 is 0 Å². The molecule has 0 fully saturated rings. The number of allylic oxidation sites excluding steroid dienone is 1. The number of ketones is 1. The number of alkyl halides is 3. The van der Waals surface area contributed by atoms with Gasteiger partial charge in [-0.25, -0.2) is 4.68 Å². The molecule has 1 heterocycles. The Morgan fingerprint density at radius 1 is 1.00 bits per heavy atom. The van der Waals surface area contributed by atoms with Crippen LogP contribution in [-0.4, -0.2) is 15.6 Å². The van der Waals surface area contributed by atoms with Crippen molar-refractivity contribution in [2.45, 2.75) is 6.18 Å². The van der Waals surface area contributed by atoms with Crippen LogP contribution in [0, 0.1) is 0 Å². The van der Waals surface area contributed by atoms with Gasteiger partial charge >= 0.3 is 6.18 Å². The summed E-state index contributed by atoms with van der Waals surface area (Å²) in [7, 11) is 0. The molecule has 3 aromatic rings. The molecule has 0 unspecified atom stereocenters. The molecule has 0 atom stereocenters. The highest BCUT2D eigenvalue weighted by atomic mass is 19.4. The van der Waals surface area contributed by atoms with E-state index in [4.69, 9.17) is 0 Å². The second-order valence-electron chi connectivity index (χ2n) is 5.29. The number of para-hydroxylation sites is 1. The van der Waals surface area contributed by atoms with Gasteiger partial charge in [-0.3, -0.25) is 4.79 Å². The molecular weight excluding hydrogens is 329 g/mol. The van der Waals surface area contributed by atoms with Gasteiger partial charge in [0.15, 0.2) is 5.78 Å². The van der Waals surface area contributed by atoms with Crippen LogP contribution in [0.1, 0.15) is 21.5 Å². The number of halogens is 3. The van der Waals surface area contributed by atoms with Crippen LogP contribution in [0.25, 0.3) is 11.8 Å². The standard InChI is InChI=1S/C19H13F3N2O/c20-19(21,22)17-9-5-4-8-16(17)18(25)11-10-14-12-23-24(13-14)15-6-2-1-3-7-15/h1-13H/b11-10+. The Labute approximate surface area is 142 Å². The number of benzene rings is 2. The molecule has 3 rings (SSSR count). The smallest absolute Gasteiger partial charge is 0.289 e. The van der Waals surface area contributed by atoms with E-state index in [0.29, 0.717) is 5.56 Å². The maximum absolute atomic E-state index is 13.0. The highest BCUT2D eigenvalue weighted by Gasteiger charge is 2.34. The Hall–Kier alpha value is -3.15. The predicted octanol–water partition coefficient (Wildman–Crippen LogP) is 4.79. The van der Waals surface area contributed by atoms with Crippen molar-refractivity contribution in [2.75, 3.05) is 0 Å². The summed E-state index contributed by atoms with van der Waals surface area (Å²) in [5.41, 5.74) is 0.143. The van der Waals surface area contributed by atoms with E-state index in [1.165, 1.54) is 30.5 Å². The summed E-state index contributed by atoms with van der Waals surface area (Å²) >= 11 is 0. The molecule has 0 bridgehead atoms. The van der Waals surface area contributed by atoms with Crippen LogP contribution < -0.4 is 0 Å². The molecular formula is C19H13F3N2O. The quantitative estimate of drug-likeness (QED) is 0.505. The lowest BCUT2D eigenvalue weighted by molar-refractivity contribution is -0.137. The van der Waals surface area contributed by atoms with Crippen LogP contribution in [0.15, 0.2) is 73.1 Å². The number of aromatic nitrogens is 2. The zero-order valence-corrected chi connectivity index (χ0v) is 12.9. The maximum Gasteiger partial charge on any atom is 0.417 e.